The molecule has 0 heterocycles. The summed E-state index contributed by atoms with van der Waals surface area (Å²) in [7, 11) is 0. The van der Waals surface area contributed by atoms with Gasteiger partial charge >= 0.3 is 0 Å². The summed E-state index contributed by atoms with van der Waals surface area (Å²) in [5, 5.41) is 3.78. The van der Waals surface area contributed by atoms with Crippen LogP contribution in [0.2, 0.25) is 0 Å². The molecule has 1 atom stereocenters. The Morgan fingerprint density at radius 2 is 2.00 bits per heavy atom. The number of allylic oxidation sites excluding steroid dienone is 1. The van der Waals surface area contributed by atoms with E-state index in [9.17, 15) is 0 Å². The van der Waals surface area contributed by atoms with Crippen molar-refractivity contribution >= 4 is 0 Å². The van der Waals surface area contributed by atoms with Crippen LogP contribution in [0.3, 0.4) is 0 Å². The number of rotatable bonds is 5. The van der Waals surface area contributed by atoms with Crippen LogP contribution >= 0.6 is 0 Å². The van der Waals surface area contributed by atoms with Crippen LogP contribution in [0.1, 0.15) is 45.1 Å². The van der Waals surface area contributed by atoms with Gasteiger partial charge in [0, 0.05) is 11.6 Å². The van der Waals surface area contributed by atoms with Crippen LogP contribution in [0.5, 0.6) is 0 Å². The summed E-state index contributed by atoms with van der Waals surface area (Å²) in [6.07, 6.45) is 10.8. The Balaban J connectivity index is 1.83. The summed E-state index contributed by atoms with van der Waals surface area (Å²) in [5.74, 6) is 0. The molecule has 1 aliphatic carbocycles. The molecule has 1 aromatic rings. The molecule has 1 aliphatic rings. The summed E-state index contributed by atoms with van der Waals surface area (Å²) in [4.78, 5) is 0. The van der Waals surface area contributed by atoms with E-state index in [0.29, 0.717) is 6.04 Å². The first-order valence-corrected chi connectivity index (χ1v) is 7.14. The molecule has 18 heavy (non-hydrogen) atoms. The maximum atomic E-state index is 3.78. The van der Waals surface area contributed by atoms with Crippen LogP contribution in [0.4, 0.5) is 0 Å². The van der Waals surface area contributed by atoms with Crippen molar-refractivity contribution in [2.75, 3.05) is 0 Å². The Morgan fingerprint density at radius 1 is 1.22 bits per heavy atom. The quantitative estimate of drug-likeness (QED) is 0.768. The lowest BCUT2D eigenvalue weighted by Gasteiger charge is -2.32. The summed E-state index contributed by atoms with van der Waals surface area (Å²) >= 11 is 0. The van der Waals surface area contributed by atoms with E-state index in [0.717, 1.165) is 6.42 Å². The monoisotopic (exact) mass is 243 g/mol. The van der Waals surface area contributed by atoms with Gasteiger partial charge in [0.15, 0.2) is 0 Å². The third-order valence-electron chi connectivity index (χ3n) is 3.71. The van der Waals surface area contributed by atoms with Crippen LogP contribution in [0, 0.1) is 0 Å². The zero-order chi connectivity index (χ0) is 12.8. The largest absolute Gasteiger partial charge is 0.306 e. The standard InChI is InChI=1S/C17H25N/c1-17(2,18-16-11-7-4-8-12-16)14-13-15-9-5-3-6-10-15/h3,5-7,9-11,16,18H,4,8,12-14H2,1-2H3. The van der Waals surface area contributed by atoms with Crippen molar-refractivity contribution < 1.29 is 0 Å². The zero-order valence-electron chi connectivity index (χ0n) is 11.7. The number of hydrogen-bond donors (Lipinski definition) is 1. The fraction of sp³-hybridized carbons (Fsp3) is 0.529. The van der Waals surface area contributed by atoms with E-state index in [1.54, 1.807) is 0 Å². The zero-order valence-corrected chi connectivity index (χ0v) is 11.7. The average Bonchev–Trinajstić information content (AvgIpc) is 2.38. The van der Waals surface area contributed by atoms with E-state index in [4.69, 9.17) is 0 Å². The van der Waals surface area contributed by atoms with Crippen LogP contribution in [-0.2, 0) is 6.42 Å². The smallest absolute Gasteiger partial charge is 0.0255 e. The Labute approximate surface area is 111 Å². The van der Waals surface area contributed by atoms with Crippen molar-refractivity contribution in [3.8, 4) is 0 Å². The second-order valence-corrected chi connectivity index (χ2v) is 5.98. The highest BCUT2D eigenvalue weighted by atomic mass is 15.0. The summed E-state index contributed by atoms with van der Waals surface area (Å²) in [6, 6.07) is 11.3. The van der Waals surface area contributed by atoms with E-state index in [1.165, 1.54) is 31.2 Å². The summed E-state index contributed by atoms with van der Waals surface area (Å²) in [6.45, 7) is 4.64. The molecule has 1 heteroatoms. The van der Waals surface area contributed by atoms with Gasteiger partial charge in [0.2, 0.25) is 0 Å². The van der Waals surface area contributed by atoms with E-state index in [2.05, 4.69) is 61.6 Å². The average molecular weight is 243 g/mol. The molecule has 0 spiro atoms. The Hall–Kier alpha value is -1.08. The van der Waals surface area contributed by atoms with Crippen molar-refractivity contribution in [2.45, 2.75) is 57.5 Å². The lowest BCUT2D eigenvalue weighted by atomic mass is 9.92. The van der Waals surface area contributed by atoms with Gasteiger partial charge in [0.1, 0.15) is 0 Å². The Morgan fingerprint density at radius 3 is 2.67 bits per heavy atom. The normalized spacial score (nSPS) is 20.0. The second-order valence-electron chi connectivity index (χ2n) is 5.98. The van der Waals surface area contributed by atoms with Gasteiger partial charge in [-0.05, 0) is 51.5 Å². The predicted molar refractivity (Wildman–Crippen MR) is 78.8 cm³/mol. The number of hydrogen-bond acceptors (Lipinski definition) is 1. The molecule has 0 radical (unpaired) electrons. The van der Waals surface area contributed by atoms with Crippen LogP contribution < -0.4 is 5.32 Å². The molecule has 0 fully saturated rings. The van der Waals surface area contributed by atoms with Gasteiger partial charge in [-0.25, -0.2) is 0 Å². The molecule has 0 aliphatic heterocycles. The maximum Gasteiger partial charge on any atom is 0.0255 e. The van der Waals surface area contributed by atoms with E-state index < -0.39 is 0 Å². The molecule has 0 bridgehead atoms. The first-order chi connectivity index (χ1) is 8.66. The highest BCUT2D eigenvalue weighted by Crippen LogP contribution is 2.18. The number of benzene rings is 1. The highest BCUT2D eigenvalue weighted by molar-refractivity contribution is 5.15. The molecule has 0 aromatic heterocycles. The fourth-order valence-electron chi connectivity index (χ4n) is 2.61. The molecule has 1 unspecified atom stereocenters. The molecule has 0 saturated carbocycles. The van der Waals surface area contributed by atoms with Gasteiger partial charge in [0.25, 0.3) is 0 Å². The van der Waals surface area contributed by atoms with Crippen molar-refractivity contribution in [1.29, 1.82) is 0 Å². The molecular formula is C17H25N. The molecule has 0 amide bonds. The molecule has 1 nitrogen and oxygen atoms in total. The van der Waals surface area contributed by atoms with Crippen LogP contribution in [0.25, 0.3) is 0 Å². The molecule has 1 N–H and O–H groups in total. The molecule has 2 rings (SSSR count). The summed E-state index contributed by atoms with van der Waals surface area (Å²) < 4.78 is 0. The molecule has 0 saturated heterocycles. The van der Waals surface area contributed by atoms with E-state index >= 15 is 0 Å². The Bertz CT molecular complexity index is 378. The second kappa shape index (κ2) is 6.19. The van der Waals surface area contributed by atoms with E-state index in [-0.39, 0.29) is 5.54 Å². The third kappa shape index (κ3) is 4.30. The lowest BCUT2D eigenvalue weighted by Crippen LogP contribution is -2.45. The van der Waals surface area contributed by atoms with Gasteiger partial charge in [-0.3, -0.25) is 0 Å². The SMILES string of the molecule is CC(C)(CCc1ccccc1)NC1C=CCCC1. The number of nitrogens with one attached hydrogen (secondary N) is 1. The van der Waals surface area contributed by atoms with Gasteiger partial charge in [0.05, 0.1) is 0 Å². The van der Waals surface area contributed by atoms with Gasteiger partial charge in [-0.1, -0.05) is 42.5 Å². The topological polar surface area (TPSA) is 12.0 Å². The number of aryl methyl sites for hydroxylation is 1. The molecule has 1 aromatic carbocycles. The van der Waals surface area contributed by atoms with Crippen LogP contribution in [0.15, 0.2) is 42.5 Å². The molecular weight excluding hydrogens is 218 g/mol. The van der Waals surface area contributed by atoms with Crippen molar-refractivity contribution in [1.82, 2.24) is 5.32 Å². The summed E-state index contributed by atoms with van der Waals surface area (Å²) in [5.41, 5.74) is 1.65. The minimum Gasteiger partial charge on any atom is -0.306 e. The van der Waals surface area contributed by atoms with Crippen molar-refractivity contribution in [2.24, 2.45) is 0 Å². The maximum absolute atomic E-state index is 3.78. The van der Waals surface area contributed by atoms with E-state index in [1.807, 2.05) is 0 Å². The van der Waals surface area contributed by atoms with Gasteiger partial charge < -0.3 is 5.32 Å². The first-order valence-electron chi connectivity index (χ1n) is 7.14. The first kappa shape index (κ1) is 13.4. The minimum atomic E-state index is 0.211. The lowest BCUT2D eigenvalue weighted by molar-refractivity contribution is 0.323. The highest BCUT2D eigenvalue weighted by Gasteiger charge is 2.21. The van der Waals surface area contributed by atoms with Gasteiger partial charge in [-0.15, -0.1) is 0 Å². The van der Waals surface area contributed by atoms with Crippen molar-refractivity contribution in [3.05, 3.63) is 48.0 Å². The Kier molecular flexibility index (Phi) is 4.60. The van der Waals surface area contributed by atoms with Crippen molar-refractivity contribution in [3.63, 3.8) is 0 Å². The predicted octanol–water partition coefficient (Wildman–Crippen LogP) is 4.10. The minimum absolute atomic E-state index is 0.211. The van der Waals surface area contributed by atoms with Gasteiger partial charge in [-0.2, -0.15) is 0 Å². The van der Waals surface area contributed by atoms with Crippen LogP contribution in [-0.4, -0.2) is 11.6 Å². The third-order valence-corrected chi connectivity index (χ3v) is 3.71. The fourth-order valence-corrected chi connectivity index (χ4v) is 2.61. The molecule has 98 valence electrons.